The molecule has 0 aromatic heterocycles. The molecule has 1 rings (SSSR count). The lowest BCUT2D eigenvalue weighted by molar-refractivity contribution is -0.117. The molecule has 0 radical (unpaired) electrons. The molecule has 0 fully saturated rings. The Morgan fingerprint density at radius 3 is 2.76 bits per heavy atom. The van der Waals surface area contributed by atoms with Crippen molar-refractivity contribution in [2.75, 3.05) is 32.6 Å². The van der Waals surface area contributed by atoms with Crippen molar-refractivity contribution in [2.45, 2.75) is 6.42 Å². The molecule has 1 heterocycles. The number of hydrogen-bond acceptors (Lipinski definition) is 5. The standard InChI is InChI=1S/C12H18ClN5O3/c1-17-7-2-3-10(9-17)11(19)14-5-6-15-12(20)18(16-21)8-4-13/h2,7,9H,3-6,8H2,1H3,(H,14,19)(H,15,20). The summed E-state index contributed by atoms with van der Waals surface area (Å²) in [7, 11) is 1.83. The molecule has 8 nitrogen and oxygen atoms in total. The summed E-state index contributed by atoms with van der Waals surface area (Å²) in [5.41, 5.74) is 0.643. The molecular formula is C12H18ClN5O3. The average molecular weight is 316 g/mol. The van der Waals surface area contributed by atoms with Gasteiger partial charge in [-0.15, -0.1) is 16.5 Å². The number of nitroso groups, excluding NO2 is 1. The third kappa shape index (κ3) is 5.82. The van der Waals surface area contributed by atoms with Crippen LogP contribution < -0.4 is 10.6 Å². The van der Waals surface area contributed by atoms with Gasteiger partial charge in [-0.3, -0.25) is 4.79 Å². The number of carbonyl (C=O) groups excluding carboxylic acids is 2. The highest BCUT2D eigenvalue weighted by molar-refractivity contribution is 6.18. The Morgan fingerprint density at radius 1 is 1.43 bits per heavy atom. The van der Waals surface area contributed by atoms with E-state index in [1.807, 2.05) is 19.3 Å². The molecule has 21 heavy (non-hydrogen) atoms. The van der Waals surface area contributed by atoms with Crippen molar-refractivity contribution in [3.63, 3.8) is 0 Å². The molecule has 1 aliphatic heterocycles. The second kappa shape index (κ2) is 8.96. The van der Waals surface area contributed by atoms with Crippen LogP contribution in [-0.2, 0) is 4.79 Å². The zero-order valence-corrected chi connectivity index (χ0v) is 12.5. The minimum absolute atomic E-state index is 0.0365. The van der Waals surface area contributed by atoms with E-state index in [4.69, 9.17) is 11.6 Å². The number of allylic oxidation sites excluding steroid dienone is 1. The summed E-state index contributed by atoms with van der Waals surface area (Å²) in [6, 6.07) is -0.639. The highest BCUT2D eigenvalue weighted by Gasteiger charge is 2.13. The van der Waals surface area contributed by atoms with Gasteiger partial charge in [-0.05, 0) is 12.6 Å². The van der Waals surface area contributed by atoms with Crippen molar-refractivity contribution < 1.29 is 9.59 Å². The van der Waals surface area contributed by atoms with Gasteiger partial charge in [0.15, 0.2) is 0 Å². The fourth-order valence-corrected chi connectivity index (χ4v) is 1.81. The number of urea groups is 1. The van der Waals surface area contributed by atoms with Crippen LogP contribution in [0.2, 0.25) is 0 Å². The molecule has 0 aliphatic carbocycles. The fraction of sp³-hybridized carbons (Fsp3) is 0.500. The first-order valence-electron chi connectivity index (χ1n) is 6.40. The number of hydrogen-bond donors (Lipinski definition) is 2. The molecule has 2 N–H and O–H groups in total. The predicted molar refractivity (Wildman–Crippen MR) is 79.2 cm³/mol. The monoisotopic (exact) mass is 315 g/mol. The maximum absolute atomic E-state index is 11.8. The van der Waals surface area contributed by atoms with Crippen LogP contribution in [0.15, 0.2) is 29.3 Å². The van der Waals surface area contributed by atoms with Crippen molar-refractivity contribution in [1.82, 2.24) is 20.5 Å². The highest BCUT2D eigenvalue weighted by atomic mass is 35.5. The van der Waals surface area contributed by atoms with E-state index < -0.39 is 6.03 Å². The van der Waals surface area contributed by atoms with E-state index in [1.165, 1.54) is 0 Å². The quantitative estimate of drug-likeness (QED) is 0.314. The van der Waals surface area contributed by atoms with E-state index in [9.17, 15) is 14.5 Å². The van der Waals surface area contributed by atoms with Crippen LogP contribution in [0, 0.1) is 4.91 Å². The van der Waals surface area contributed by atoms with Crippen molar-refractivity contribution in [3.8, 4) is 0 Å². The predicted octanol–water partition coefficient (Wildman–Crippen LogP) is 0.767. The molecule has 0 bridgehead atoms. The normalized spacial score (nSPS) is 13.4. The number of nitrogens with zero attached hydrogens (tertiary/aromatic N) is 3. The van der Waals surface area contributed by atoms with Crippen LogP contribution in [0.5, 0.6) is 0 Å². The van der Waals surface area contributed by atoms with Gasteiger partial charge in [0.25, 0.3) is 0 Å². The van der Waals surface area contributed by atoms with Crippen LogP contribution in [0.25, 0.3) is 0 Å². The Bertz CT molecular complexity index is 452. The Balaban J connectivity index is 2.26. The molecule has 3 amide bonds. The number of rotatable bonds is 7. The molecule has 0 saturated heterocycles. The SMILES string of the molecule is CN1C=CCC(C(=O)NCCNC(=O)N(CCCl)N=O)=C1. The van der Waals surface area contributed by atoms with Crippen LogP contribution in [-0.4, -0.2) is 54.4 Å². The molecule has 0 saturated carbocycles. The third-order valence-electron chi connectivity index (χ3n) is 2.65. The van der Waals surface area contributed by atoms with Crippen LogP contribution in [0.3, 0.4) is 0 Å². The van der Waals surface area contributed by atoms with Gasteiger partial charge in [0.05, 0.1) is 11.8 Å². The lowest BCUT2D eigenvalue weighted by atomic mass is 10.1. The summed E-state index contributed by atoms with van der Waals surface area (Å²) in [4.78, 5) is 35.5. The molecule has 0 atom stereocenters. The summed E-state index contributed by atoms with van der Waals surface area (Å²) >= 11 is 5.43. The first-order valence-corrected chi connectivity index (χ1v) is 6.94. The zero-order valence-electron chi connectivity index (χ0n) is 11.7. The van der Waals surface area contributed by atoms with E-state index in [1.54, 1.807) is 11.1 Å². The minimum Gasteiger partial charge on any atom is -0.357 e. The number of amides is 3. The molecule has 1 aliphatic rings. The number of carbonyl (C=O) groups is 2. The molecule has 9 heteroatoms. The van der Waals surface area contributed by atoms with Gasteiger partial charge in [-0.25, -0.2) is 4.79 Å². The minimum atomic E-state index is -0.639. The van der Waals surface area contributed by atoms with Crippen molar-refractivity contribution in [1.29, 1.82) is 0 Å². The second-order valence-electron chi connectivity index (χ2n) is 4.29. The summed E-state index contributed by atoms with van der Waals surface area (Å²) in [5.74, 6) is -0.0722. The van der Waals surface area contributed by atoms with Gasteiger partial charge in [-0.1, -0.05) is 6.08 Å². The number of nitrogens with one attached hydrogen (secondary N) is 2. The lowest BCUT2D eigenvalue weighted by Gasteiger charge is -2.16. The summed E-state index contributed by atoms with van der Waals surface area (Å²) in [6.07, 6.45) is 6.07. The first-order chi connectivity index (χ1) is 10.1. The maximum atomic E-state index is 11.8. The topological polar surface area (TPSA) is 94.1 Å². The van der Waals surface area contributed by atoms with Crippen LogP contribution >= 0.6 is 11.6 Å². The Labute approximate surface area is 127 Å². The van der Waals surface area contributed by atoms with Gasteiger partial charge in [0, 0.05) is 37.8 Å². The van der Waals surface area contributed by atoms with E-state index >= 15 is 0 Å². The molecule has 116 valence electrons. The van der Waals surface area contributed by atoms with E-state index in [2.05, 4.69) is 15.9 Å². The van der Waals surface area contributed by atoms with Crippen molar-refractivity contribution >= 4 is 23.5 Å². The molecular weight excluding hydrogens is 298 g/mol. The van der Waals surface area contributed by atoms with E-state index in [0.29, 0.717) is 17.0 Å². The molecule has 0 aromatic carbocycles. The smallest absolute Gasteiger partial charge is 0.340 e. The number of alkyl halides is 1. The Kier molecular flexibility index (Phi) is 7.24. The van der Waals surface area contributed by atoms with E-state index in [0.717, 1.165) is 0 Å². The zero-order chi connectivity index (χ0) is 15.7. The highest BCUT2D eigenvalue weighted by Crippen LogP contribution is 2.09. The average Bonchev–Trinajstić information content (AvgIpc) is 2.48. The molecule has 0 unspecified atom stereocenters. The van der Waals surface area contributed by atoms with Gasteiger partial charge in [0.2, 0.25) is 5.91 Å². The van der Waals surface area contributed by atoms with Gasteiger partial charge in [-0.2, -0.15) is 5.01 Å². The second-order valence-corrected chi connectivity index (χ2v) is 4.67. The van der Waals surface area contributed by atoms with E-state index in [-0.39, 0.29) is 31.4 Å². The summed E-state index contributed by atoms with van der Waals surface area (Å²) < 4.78 is 0. The molecule has 0 aromatic rings. The Morgan fingerprint density at radius 2 is 2.14 bits per heavy atom. The number of halogens is 1. The summed E-state index contributed by atoms with van der Waals surface area (Å²) in [5, 5.41) is 8.39. The van der Waals surface area contributed by atoms with Crippen LogP contribution in [0.1, 0.15) is 6.42 Å². The third-order valence-corrected chi connectivity index (χ3v) is 2.81. The summed E-state index contributed by atoms with van der Waals surface area (Å²) in [6.45, 7) is 0.482. The van der Waals surface area contributed by atoms with Crippen LogP contribution in [0.4, 0.5) is 4.79 Å². The van der Waals surface area contributed by atoms with Gasteiger partial charge >= 0.3 is 6.03 Å². The van der Waals surface area contributed by atoms with Gasteiger partial charge < -0.3 is 15.5 Å². The lowest BCUT2D eigenvalue weighted by Crippen LogP contribution is -2.41. The van der Waals surface area contributed by atoms with Crippen molar-refractivity contribution in [3.05, 3.63) is 29.0 Å². The molecule has 0 spiro atoms. The van der Waals surface area contributed by atoms with Gasteiger partial charge in [0.1, 0.15) is 0 Å². The largest absolute Gasteiger partial charge is 0.357 e. The fourth-order valence-electron chi connectivity index (χ4n) is 1.65. The Hall–Kier alpha value is -2.09. The first kappa shape index (κ1) is 17.0. The maximum Gasteiger partial charge on any atom is 0.340 e. The van der Waals surface area contributed by atoms with Crippen molar-refractivity contribution in [2.24, 2.45) is 5.29 Å².